The molecule has 170 valence electrons. The number of amides is 2. The molecule has 0 radical (unpaired) electrons. The van der Waals surface area contributed by atoms with E-state index in [9.17, 15) is 9.59 Å². The molecule has 0 spiro atoms. The number of aryl methyl sites for hydroxylation is 1. The number of aromatic nitrogens is 2. The van der Waals surface area contributed by atoms with Crippen LogP contribution in [0.1, 0.15) is 65.3 Å². The smallest absolute Gasteiger partial charge is 0.249 e. The first-order valence-electron chi connectivity index (χ1n) is 11.2. The Morgan fingerprint density at radius 3 is 2.69 bits per heavy atom. The van der Waals surface area contributed by atoms with Crippen LogP contribution in [0.15, 0.2) is 30.6 Å². The standard InChI is InChI=1S/C24H30N4O4/c1-15-3-4-17(12-19(15)23(25)29)11-16-5-7-18(8-6-16)24(30)28-21(9-10-32-28)20-13-26-14-22(27-20)31-2/h3-4,12-14,16,18,21H,5-11H2,1-2H3,(H2,25,29)/t16-,18-,21-/m0/s1. The van der Waals surface area contributed by atoms with Crippen molar-refractivity contribution in [1.29, 1.82) is 0 Å². The molecule has 2 N–H and O–H groups in total. The van der Waals surface area contributed by atoms with E-state index in [1.54, 1.807) is 19.5 Å². The molecular weight excluding hydrogens is 408 g/mol. The van der Waals surface area contributed by atoms with Crippen molar-refractivity contribution >= 4 is 11.8 Å². The molecule has 8 heteroatoms. The minimum Gasteiger partial charge on any atom is -0.480 e. The van der Waals surface area contributed by atoms with E-state index in [2.05, 4.69) is 16.0 Å². The molecule has 1 aromatic heterocycles. The first kappa shape index (κ1) is 22.2. The second-order valence-corrected chi connectivity index (χ2v) is 8.72. The van der Waals surface area contributed by atoms with Crippen LogP contribution in [0.25, 0.3) is 0 Å². The Balaban J connectivity index is 1.36. The van der Waals surface area contributed by atoms with E-state index in [0.717, 1.165) is 43.2 Å². The van der Waals surface area contributed by atoms with Crippen LogP contribution in [0.4, 0.5) is 0 Å². The number of primary amides is 1. The number of hydrogen-bond acceptors (Lipinski definition) is 6. The van der Waals surface area contributed by atoms with Gasteiger partial charge in [0, 0.05) is 17.9 Å². The highest BCUT2D eigenvalue weighted by atomic mass is 16.7. The minimum atomic E-state index is -0.389. The summed E-state index contributed by atoms with van der Waals surface area (Å²) in [5.74, 6) is 0.506. The monoisotopic (exact) mass is 438 g/mol. The normalized spacial score (nSPS) is 23.2. The van der Waals surface area contributed by atoms with E-state index >= 15 is 0 Å². The Morgan fingerprint density at radius 1 is 1.19 bits per heavy atom. The van der Waals surface area contributed by atoms with E-state index in [-0.39, 0.29) is 23.8 Å². The molecule has 1 saturated heterocycles. The number of carbonyl (C=O) groups excluding carboxylic acids is 2. The first-order chi connectivity index (χ1) is 15.5. The zero-order chi connectivity index (χ0) is 22.7. The molecule has 2 fully saturated rings. The second-order valence-electron chi connectivity index (χ2n) is 8.72. The van der Waals surface area contributed by atoms with Crippen LogP contribution in [0.2, 0.25) is 0 Å². The molecule has 1 atom stereocenters. The lowest BCUT2D eigenvalue weighted by Crippen LogP contribution is -2.37. The maximum atomic E-state index is 13.2. The largest absolute Gasteiger partial charge is 0.480 e. The summed E-state index contributed by atoms with van der Waals surface area (Å²) >= 11 is 0. The average Bonchev–Trinajstić information content (AvgIpc) is 3.30. The zero-order valence-electron chi connectivity index (χ0n) is 18.6. The van der Waals surface area contributed by atoms with E-state index in [1.807, 2.05) is 19.1 Å². The highest BCUT2D eigenvalue weighted by Crippen LogP contribution is 2.36. The Hall–Kier alpha value is -3.00. The first-order valence-corrected chi connectivity index (χ1v) is 11.2. The van der Waals surface area contributed by atoms with Gasteiger partial charge in [-0.15, -0.1) is 0 Å². The molecule has 2 heterocycles. The molecule has 1 aromatic carbocycles. The van der Waals surface area contributed by atoms with Gasteiger partial charge in [-0.2, -0.15) is 0 Å². The molecule has 8 nitrogen and oxygen atoms in total. The van der Waals surface area contributed by atoms with E-state index < -0.39 is 0 Å². The molecule has 2 amide bonds. The summed E-state index contributed by atoms with van der Waals surface area (Å²) in [5, 5.41) is 1.51. The fraction of sp³-hybridized carbons (Fsp3) is 0.500. The Bertz CT molecular complexity index is 988. The Labute approximate surface area is 188 Å². The molecule has 2 aliphatic rings. The number of rotatable bonds is 6. The minimum absolute atomic E-state index is 0.0296. The van der Waals surface area contributed by atoms with Gasteiger partial charge in [0.1, 0.15) is 6.04 Å². The number of hydrogen-bond donors (Lipinski definition) is 1. The van der Waals surface area contributed by atoms with Gasteiger partial charge in [-0.3, -0.25) is 19.4 Å². The van der Waals surface area contributed by atoms with Crippen molar-refractivity contribution in [3.05, 3.63) is 53.0 Å². The highest BCUT2D eigenvalue weighted by molar-refractivity contribution is 5.94. The fourth-order valence-electron chi connectivity index (χ4n) is 4.76. The highest BCUT2D eigenvalue weighted by Gasteiger charge is 2.38. The fourth-order valence-corrected chi connectivity index (χ4v) is 4.76. The van der Waals surface area contributed by atoms with Gasteiger partial charge >= 0.3 is 0 Å². The van der Waals surface area contributed by atoms with Crippen molar-refractivity contribution in [3.8, 4) is 5.88 Å². The van der Waals surface area contributed by atoms with Crippen LogP contribution < -0.4 is 10.5 Å². The number of benzene rings is 1. The number of nitrogens with zero attached hydrogens (tertiary/aromatic N) is 3. The van der Waals surface area contributed by atoms with E-state index in [4.69, 9.17) is 15.3 Å². The quantitative estimate of drug-likeness (QED) is 0.742. The van der Waals surface area contributed by atoms with Crippen molar-refractivity contribution in [1.82, 2.24) is 15.0 Å². The molecule has 4 rings (SSSR count). The van der Waals surface area contributed by atoms with Gasteiger partial charge in [-0.05, 0) is 62.1 Å². The summed E-state index contributed by atoms with van der Waals surface area (Å²) in [4.78, 5) is 39.2. The van der Waals surface area contributed by atoms with Crippen molar-refractivity contribution in [3.63, 3.8) is 0 Å². The number of carbonyl (C=O) groups is 2. The van der Waals surface area contributed by atoms with Gasteiger partial charge in [0.25, 0.3) is 0 Å². The van der Waals surface area contributed by atoms with Crippen LogP contribution in [-0.4, -0.2) is 40.6 Å². The summed E-state index contributed by atoms with van der Waals surface area (Å²) in [7, 11) is 1.55. The topological polar surface area (TPSA) is 108 Å². The zero-order valence-corrected chi connectivity index (χ0v) is 18.6. The van der Waals surface area contributed by atoms with Crippen LogP contribution >= 0.6 is 0 Å². The summed E-state index contributed by atoms with van der Waals surface area (Å²) in [5.41, 5.74) is 8.79. The molecule has 1 aliphatic heterocycles. The average molecular weight is 439 g/mol. The van der Waals surface area contributed by atoms with Gasteiger partial charge in [-0.25, -0.2) is 10.0 Å². The van der Waals surface area contributed by atoms with Crippen molar-refractivity contribution in [2.75, 3.05) is 13.7 Å². The number of hydroxylamine groups is 2. The molecule has 1 saturated carbocycles. The van der Waals surface area contributed by atoms with Crippen molar-refractivity contribution < 1.29 is 19.2 Å². The van der Waals surface area contributed by atoms with Crippen LogP contribution in [0.3, 0.4) is 0 Å². The lowest BCUT2D eigenvalue weighted by molar-refractivity contribution is -0.183. The van der Waals surface area contributed by atoms with Gasteiger partial charge in [-0.1, -0.05) is 12.1 Å². The van der Waals surface area contributed by atoms with Crippen molar-refractivity contribution in [2.45, 2.75) is 51.5 Å². The predicted octanol–water partition coefficient (Wildman–Crippen LogP) is 3.15. The van der Waals surface area contributed by atoms with Crippen molar-refractivity contribution in [2.24, 2.45) is 17.6 Å². The molecule has 32 heavy (non-hydrogen) atoms. The summed E-state index contributed by atoms with van der Waals surface area (Å²) in [6.07, 6.45) is 8.39. The van der Waals surface area contributed by atoms with Crippen LogP contribution in [0, 0.1) is 18.8 Å². The Morgan fingerprint density at radius 2 is 1.97 bits per heavy atom. The summed E-state index contributed by atoms with van der Waals surface area (Å²) in [6.45, 7) is 2.38. The lowest BCUT2D eigenvalue weighted by Gasteiger charge is -2.31. The van der Waals surface area contributed by atoms with Gasteiger partial charge in [0.2, 0.25) is 17.7 Å². The maximum absolute atomic E-state index is 13.2. The SMILES string of the molecule is COc1cncc([C@@H]2CCON2C(=O)[C@H]2CC[C@H](Cc3ccc(C)c(C(N)=O)c3)CC2)n1. The van der Waals surface area contributed by atoms with Gasteiger partial charge in [0.15, 0.2) is 0 Å². The summed E-state index contributed by atoms with van der Waals surface area (Å²) < 4.78 is 5.17. The second kappa shape index (κ2) is 9.65. The molecule has 0 bridgehead atoms. The third-order valence-corrected chi connectivity index (χ3v) is 6.59. The van der Waals surface area contributed by atoms with Gasteiger partial charge in [0.05, 0.1) is 31.8 Å². The van der Waals surface area contributed by atoms with E-state index in [1.165, 1.54) is 5.06 Å². The maximum Gasteiger partial charge on any atom is 0.249 e. The molecular formula is C24H30N4O4. The number of ether oxygens (including phenoxy) is 1. The molecule has 1 aliphatic carbocycles. The van der Waals surface area contributed by atoms with Crippen LogP contribution in [0.5, 0.6) is 5.88 Å². The predicted molar refractivity (Wildman–Crippen MR) is 118 cm³/mol. The summed E-state index contributed by atoms with van der Waals surface area (Å²) in [6, 6.07) is 5.70. The number of methoxy groups -OCH3 is 1. The third kappa shape index (κ3) is 4.75. The lowest BCUT2D eigenvalue weighted by atomic mass is 9.78. The Kier molecular flexibility index (Phi) is 6.69. The van der Waals surface area contributed by atoms with Gasteiger partial charge < -0.3 is 10.5 Å². The van der Waals surface area contributed by atoms with Crippen LogP contribution in [-0.2, 0) is 16.1 Å². The number of nitrogens with two attached hydrogens (primary N) is 1. The molecule has 2 aromatic rings. The molecule has 0 unspecified atom stereocenters. The van der Waals surface area contributed by atoms with E-state index in [0.29, 0.717) is 36.1 Å². The third-order valence-electron chi connectivity index (χ3n) is 6.59.